The van der Waals surface area contributed by atoms with Crippen molar-refractivity contribution in [2.45, 2.75) is 10.9 Å². The average Bonchev–Trinajstić information content (AvgIpc) is 2.59. The predicted molar refractivity (Wildman–Crippen MR) is 67.6 cm³/mol. The molecule has 0 bridgehead atoms. The molecular formula is C9H8Cl2N4OS. The molecule has 0 atom stereocenters. The van der Waals surface area contributed by atoms with Crippen LogP contribution in [0.15, 0.2) is 22.1 Å². The van der Waals surface area contributed by atoms with Crippen LogP contribution < -0.4 is 5.69 Å². The lowest BCUT2D eigenvalue weighted by Crippen LogP contribution is -2.12. The summed E-state index contributed by atoms with van der Waals surface area (Å²) >= 11 is 13.0. The largest absolute Gasteiger partial charge is 0.343 e. The van der Waals surface area contributed by atoms with Crippen molar-refractivity contribution >= 4 is 35.0 Å². The highest BCUT2D eigenvalue weighted by Gasteiger charge is 2.08. The zero-order chi connectivity index (χ0) is 12.4. The molecule has 0 saturated heterocycles. The van der Waals surface area contributed by atoms with Gasteiger partial charge in [-0.1, -0.05) is 41.0 Å². The highest BCUT2D eigenvalue weighted by atomic mass is 35.5. The Morgan fingerprint density at radius 2 is 2.24 bits per heavy atom. The Labute approximate surface area is 111 Å². The van der Waals surface area contributed by atoms with Crippen molar-refractivity contribution in [3.8, 4) is 0 Å². The van der Waals surface area contributed by atoms with E-state index in [9.17, 15) is 4.79 Å². The van der Waals surface area contributed by atoms with Gasteiger partial charge in [-0.2, -0.15) is 0 Å². The molecule has 5 nitrogen and oxygen atoms in total. The third-order valence-electron chi connectivity index (χ3n) is 2.09. The van der Waals surface area contributed by atoms with Crippen LogP contribution in [0.5, 0.6) is 0 Å². The Morgan fingerprint density at radius 3 is 2.82 bits per heavy atom. The number of thioether (sulfide) groups is 1. The van der Waals surface area contributed by atoms with Crippen LogP contribution in [-0.2, 0) is 12.8 Å². The maximum Gasteiger partial charge on any atom is 0.343 e. The van der Waals surface area contributed by atoms with Crippen LogP contribution in [0, 0.1) is 0 Å². The summed E-state index contributed by atoms with van der Waals surface area (Å²) in [5.74, 6) is 0.571. The molecule has 2 heterocycles. The SMILES string of the molecule is Cn1c(SCc2ccc(Cl)nc2Cl)n[nH]c1=O. The van der Waals surface area contributed by atoms with Crippen LogP contribution >= 0.6 is 35.0 Å². The van der Waals surface area contributed by atoms with E-state index in [4.69, 9.17) is 23.2 Å². The van der Waals surface area contributed by atoms with Gasteiger partial charge < -0.3 is 0 Å². The molecule has 2 rings (SSSR count). The van der Waals surface area contributed by atoms with Gasteiger partial charge >= 0.3 is 5.69 Å². The summed E-state index contributed by atoms with van der Waals surface area (Å²) in [4.78, 5) is 15.1. The first-order valence-electron chi connectivity index (χ1n) is 4.63. The second-order valence-corrected chi connectivity index (χ2v) is 4.93. The van der Waals surface area contributed by atoms with E-state index in [-0.39, 0.29) is 5.69 Å². The van der Waals surface area contributed by atoms with Crippen LogP contribution in [0.3, 0.4) is 0 Å². The number of nitrogens with one attached hydrogen (secondary N) is 1. The zero-order valence-electron chi connectivity index (χ0n) is 8.78. The van der Waals surface area contributed by atoms with Crippen LogP contribution in [-0.4, -0.2) is 19.7 Å². The first-order valence-corrected chi connectivity index (χ1v) is 6.37. The molecule has 90 valence electrons. The lowest BCUT2D eigenvalue weighted by atomic mass is 10.3. The van der Waals surface area contributed by atoms with Gasteiger partial charge in [-0.05, 0) is 11.6 Å². The monoisotopic (exact) mass is 290 g/mol. The van der Waals surface area contributed by atoms with E-state index in [1.54, 1.807) is 19.2 Å². The summed E-state index contributed by atoms with van der Waals surface area (Å²) in [6, 6.07) is 3.47. The summed E-state index contributed by atoms with van der Waals surface area (Å²) in [5, 5.41) is 7.56. The van der Waals surface area contributed by atoms with Crippen LogP contribution in [0.4, 0.5) is 0 Å². The molecule has 0 amide bonds. The normalized spacial score (nSPS) is 10.8. The quantitative estimate of drug-likeness (QED) is 0.695. The average molecular weight is 291 g/mol. The number of rotatable bonds is 3. The Bertz CT molecular complexity index is 595. The summed E-state index contributed by atoms with van der Waals surface area (Å²) in [6.45, 7) is 0. The number of nitrogens with zero attached hydrogens (tertiary/aromatic N) is 3. The predicted octanol–water partition coefficient (Wildman–Crippen LogP) is 2.10. The number of aromatic amines is 1. The van der Waals surface area contributed by atoms with E-state index < -0.39 is 0 Å². The van der Waals surface area contributed by atoms with Gasteiger partial charge in [-0.3, -0.25) is 4.57 Å². The maximum absolute atomic E-state index is 11.1. The maximum atomic E-state index is 11.1. The molecule has 0 unspecified atom stereocenters. The Balaban J connectivity index is 2.12. The zero-order valence-corrected chi connectivity index (χ0v) is 11.1. The fraction of sp³-hybridized carbons (Fsp3) is 0.222. The van der Waals surface area contributed by atoms with Gasteiger partial charge in [0.25, 0.3) is 0 Å². The second kappa shape index (κ2) is 5.12. The van der Waals surface area contributed by atoms with E-state index in [0.717, 1.165) is 5.56 Å². The van der Waals surface area contributed by atoms with Gasteiger partial charge in [-0.15, -0.1) is 5.10 Å². The van der Waals surface area contributed by atoms with Crippen LogP contribution in [0.25, 0.3) is 0 Å². The lowest BCUT2D eigenvalue weighted by molar-refractivity contribution is 0.765. The number of aromatic nitrogens is 4. The molecule has 0 spiro atoms. The first kappa shape index (κ1) is 12.5. The molecule has 1 N–H and O–H groups in total. The molecule has 0 aliphatic carbocycles. The number of halogens is 2. The molecule has 8 heteroatoms. The number of hydrogen-bond donors (Lipinski definition) is 1. The van der Waals surface area contributed by atoms with Crippen molar-refractivity contribution in [2.24, 2.45) is 7.05 Å². The molecule has 0 fully saturated rings. The van der Waals surface area contributed by atoms with E-state index in [1.165, 1.54) is 16.3 Å². The number of hydrogen-bond acceptors (Lipinski definition) is 4. The highest BCUT2D eigenvalue weighted by molar-refractivity contribution is 7.98. The summed E-state index contributed by atoms with van der Waals surface area (Å²) < 4.78 is 1.43. The fourth-order valence-corrected chi connectivity index (χ4v) is 2.55. The molecule has 0 aromatic carbocycles. The molecule has 0 radical (unpaired) electrons. The molecule has 0 aliphatic heterocycles. The van der Waals surface area contributed by atoms with Crippen LogP contribution in [0.2, 0.25) is 10.3 Å². The van der Waals surface area contributed by atoms with Crippen molar-refractivity contribution in [1.82, 2.24) is 19.7 Å². The Morgan fingerprint density at radius 1 is 1.47 bits per heavy atom. The van der Waals surface area contributed by atoms with Crippen molar-refractivity contribution in [3.05, 3.63) is 38.5 Å². The van der Waals surface area contributed by atoms with Crippen molar-refractivity contribution in [3.63, 3.8) is 0 Å². The topological polar surface area (TPSA) is 63.6 Å². The fourth-order valence-electron chi connectivity index (χ4n) is 1.15. The van der Waals surface area contributed by atoms with Gasteiger partial charge in [0.15, 0.2) is 5.16 Å². The molecule has 0 saturated carbocycles. The van der Waals surface area contributed by atoms with Gasteiger partial charge in [-0.25, -0.2) is 14.9 Å². The van der Waals surface area contributed by atoms with Gasteiger partial charge in [0.1, 0.15) is 10.3 Å². The van der Waals surface area contributed by atoms with Crippen molar-refractivity contribution in [2.75, 3.05) is 0 Å². The third-order valence-corrected chi connectivity index (χ3v) is 3.70. The van der Waals surface area contributed by atoms with Gasteiger partial charge in [0, 0.05) is 12.8 Å². The van der Waals surface area contributed by atoms with Gasteiger partial charge in [0.2, 0.25) is 0 Å². The highest BCUT2D eigenvalue weighted by Crippen LogP contribution is 2.24. The molecular weight excluding hydrogens is 283 g/mol. The van der Waals surface area contributed by atoms with E-state index in [0.29, 0.717) is 21.2 Å². The van der Waals surface area contributed by atoms with E-state index in [2.05, 4.69) is 15.2 Å². The smallest absolute Gasteiger partial charge is 0.273 e. The van der Waals surface area contributed by atoms with E-state index >= 15 is 0 Å². The lowest BCUT2D eigenvalue weighted by Gasteiger charge is -2.02. The van der Waals surface area contributed by atoms with Crippen molar-refractivity contribution < 1.29 is 0 Å². The second-order valence-electron chi connectivity index (χ2n) is 3.24. The summed E-state index contributed by atoms with van der Waals surface area (Å²) in [7, 11) is 1.65. The number of pyridine rings is 1. The minimum Gasteiger partial charge on any atom is -0.273 e. The summed E-state index contributed by atoms with van der Waals surface area (Å²) in [6.07, 6.45) is 0. The van der Waals surface area contributed by atoms with E-state index in [1.807, 2.05) is 0 Å². The van der Waals surface area contributed by atoms with Crippen molar-refractivity contribution in [1.29, 1.82) is 0 Å². The Hall–Kier alpha value is -0.980. The minimum absolute atomic E-state index is 0.243. The minimum atomic E-state index is -0.243. The molecule has 0 aliphatic rings. The molecule has 2 aromatic heterocycles. The van der Waals surface area contributed by atoms with Gasteiger partial charge in [0.05, 0.1) is 0 Å². The standard InChI is InChI=1S/C9H8Cl2N4OS/c1-15-8(16)13-14-9(15)17-4-5-2-3-6(10)12-7(5)11/h2-3H,4H2,1H3,(H,13,16). The number of H-pyrrole nitrogens is 1. The molecule has 2 aromatic rings. The van der Waals surface area contributed by atoms with Crippen LogP contribution in [0.1, 0.15) is 5.56 Å². The Kier molecular flexibility index (Phi) is 3.76. The molecule has 17 heavy (non-hydrogen) atoms. The third kappa shape index (κ3) is 2.83. The first-order chi connectivity index (χ1) is 8.08. The summed E-state index contributed by atoms with van der Waals surface area (Å²) in [5.41, 5.74) is 0.601.